The molecule has 2 atom stereocenters. The smallest absolute Gasteiger partial charge is 0.410 e. The SMILES string of the molecule is O=C(O)C1CCCN1C1CCN(C(=O)[C@@H](Cc2cc(Br)c(O)c(Br)c2)OC(=O)N2CCC(N3CCc4ccccc4NC3=O)CC2)CC1. The highest BCUT2D eigenvalue weighted by atomic mass is 79.9. The van der Waals surface area contributed by atoms with Gasteiger partial charge < -0.3 is 35.0 Å². The van der Waals surface area contributed by atoms with Crippen molar-refractivity contribution in [1.82, 2.24) is 19.6 Å². The highest BCUT2D eigenvalue weighted by Crippen LogP contribution is 2.34. The molecule has 2 aromatic rings. The molecule has 1 unspecified atom stereocenters. The number of aromatic hydroxyl groups is 1. The van der Waals surface area contributed by atoms with Crippen molar-refractivity contribution in [3.05, 3.63) is 56.5 Å². The monoisotopic (exact) mass is 789 g/mol. The third-order valence-electron chi connectivity index (χ3n) is 10.1. The van der Waals surface area contributed by atoms with Crippen LogP contribution in [-0.2, 0) is 27.2 Å². The van der Waals surface area contributed by atoms with E-state index >= 15 is 0 Å². The Labute approximate surface area is 296 Å². The van der Waals surface area contributed by atoms with Gasteiger partial charge in [-0.05, 0) is 113 Å². The predicted octanol–water partition coefficient (Wildman–Crippen LogP) is 5.06. The van der Waals surface area contributed by atoms with Crippen LogP contribution in [0.5, 0.6) is 5.75 Å². The molecular weight excluding hydrogens is 750 g/mol. The number of piperidine rings is 2. The first kappa shape index (κ1) is 34.5. The fourth-order valence-corrected chi connectivity index (χ4v) is 8.82. The van der Waals surface area contributed by atoms with Gasteiger partial charge >= 0.3 is 18.1 Å². The Bertz CT molecular complexity index is 1520. The zero-order chi connectivity index (χ0) is 33.9. The van der Waals surface area contributed by atoms with Crippen LogP contribution in [0.4, 0.5) is 15.3 Å². The molecule has 3 saturated heterocycles. The van der Waals surface area contributed by atoms with E-state index in [1.807, 2.05) is 29.2 Å². The van der Waals surface area contributed by atoms with Crippen molar-refractivity contribution in [2.75, 3.05) is 44.6 Å². The van der Waals surface area contributed by atoms with E-state index in [9.17, 15) is 29.4 Å². The summed E-state index contributed by atoms with van der Waals surface area (Å²) >= 11 is 6.71. The normalized spacial score (nSPS) is 21.8. The van der Waals surface area contributed by atoms with E-state index in [0.717, 1.165) is 30.6 Å². The fourth-order valence-electron chi connectivity index (χ4n) is 7.54. The molecule has 0 bridgehead atoms. The maximum absolute atomic E-state index is 14.0. The highest BCUT2D eigenvalue weighted by Gasteiger charge is 2.39. The van der Waals surface area contributed by atoms with Crippen molar-refractivity contribution in [2.45, 2.75) is 75.6 Å². The number of phenolic OH excluding ortho intramolecular Hbond substituents is 1. The zero-order valence-corrected chi connectivity index (χ0v) is 29.8. The third-order valence-corrected chi connectivity index (χ3v) is 11.4. The number of rotatable bonds is 7. The van der Waals surface area contributed by atoms with Crippen molar-refractivity contribution in [2.24, 2.45) is 0 Å². The third kappa shape index (κ3) is 7.60. The number of ether oxygens (including phenoxy) is 1. The molecule has 14 heteroatoms. The minimum absolute atomic E-state index is 0.0230. The van der Waals surface area contributed by atoms with E-state index < -0.39 is 24.2 Å². The Morgan fingerprint density at radius 3 is 2.23 bits per heavy atom. The first-order valence-electron chi connectivity index (χ1n) is 16.6. The first-order valence-corrected chi connectivity index (χ1v) is 18.2. The van der Waals surface area contributed by atoms with Crippen LogP contribution in [0.2, 0.25) is 0 Å². The van der Waals surface area contributed by atoms with Crippen LogP contribution in [0.3, 0.4) is 0 Å². The lowest BCUT2D eigenvalue weighted by molar-refractivity contribution is -0.146. The second-order valence-corrected chi connectivity index (χ2v) is 14.7. The summed E-state index contributed by atoms with van der Waals surface area (Å²) < 4.78 is 6.88. The number of para-hydroxylation sites is 1. The lowest BCUT2D eigenvalue weighted by atomic mass is 10.00. The van der Waals surface area contributed by atoms with Crippen LogP contribution in [-0.4, -0.2) is 117 Å². The highest BCUT2D eigenvalue weighted by molar-refractivity contribution is 9.11. The number of likely N-dealkylation sites (tertiary alicyclic amines) is 3. The van der Waals surface area contributed by atoms with Crippen LogP contribution < -0.4 is 5.32 Å². The fraction of sp³-hybridized carbons (Fsp3) is 0.529. The van der Waals surface area contributed by atoms with Gasteiger partial charge in [-0.25, -0.2) is 9.59 Å². The summed E-state index contributed by atoms with van der Waals surface area (Å²) in [6.07, 6.45) is 3.16. The lowest BCUT2D eigenvalue weighted by Crippen LogP contribution is -2.53. The van der Waals surface area contributed by atoms with Gasteiger partial charge in [0.1, 0.15) is 11.8 Å². The molecule has 0 saturated carbocycles. The van der Waals surface area contributed by atoms with E-state index in [1.165, 1.54) is 0 Å². The summed E-state index contributed by atoms with van der Waals surface area (Å²) in [6, 6.07) is 10.7. The molecule has 4 aliphatic rings. The number of anilines is 1. The molecule has 3 N–H and O–H groups in total. The molecule has 4 amide bonds. The second kappa shape index (κ2) is 15.0. The molecule has 0 aromatic heterocycles. The standard InChI is InChI=1S/C34H41Br2N5O7/c35-25-18-21(19-26(36)30(25)42)20-29(31(43)38-13-8-23(9-14-38)40-12-3-6-28(40)32(44)45)48-34(47)39-15-10-24(11-16-39)41-17-7-22-4-1-2-5-27(22)37-33(41)46/h1-2,4-5,18-19,23-24,28-29,42H,3,6-17,20H2,(H,37,46)(H,44,45)/t28?,29-/m1/s1. The molecule has 4 aliphatic heterocycles. The molecule has 0 aliphatic carbocycles. The molecule has 4 heterocycles. The van der Waals surface area contributed by atoms with Crippen molar-refractivity contribution >= 4 is 61.5 Å². The van der Waals surface area contributed by atoms with Crippen molar-refractivity contribution in [3.63, 3.8) is 0 Å². The second-order valence-electron chi connectivity index (χ2n) is 13.0. The molecule has 258 valence electrons. The number of hydrogen-bond acceptors (Lipinski definition) is 7. The van der Waals surface area contributed by atoms with Gasteiger partial charge in [0.2, 0.25) is 0 Å². The lowest BCUT2D eigenvalue weighted by Gasteiger charge is -2.40. The average molecular weight is 792 g/mol. The molecule has 48 heavy (non-hydrogen) atoms. The number of fused-ring (bicyclic) bond motifs is 1. The summed E-state index contributed by atoms with van der Waals surface area (Å²) in [6.45, 7) is 3.00. The molecule has 3 fully saturated rings. The van der Waals surface area contributed by atoms with Gasteiger partial charge in [0, 0.05) is 56.9 Å². The van der Waals surface area contributed by atoms with E-state index in [4.69, 9.17) is 4.74 Å². The van der Waals surface area contributed by atoms with Gasteiger partial charge in [0.25, 0.3) is 5.91 Å². The number of urea groups is 1. The Morgan fingerprint density at radius 2 is 1.54 bits per heavy atom. The number of halogens is 2. The quantitative estimate of drug-likeness (QED) is 0.354. The molecule has 0 radical (unpaired) electrons. The van der Waals surface area contributed by atoms with Crippen LogP contribution in [0.1, 0.15) is 49.7 Å². The van der Waals surface area contributed by atoms with Gasteiger partial charge in [0.05, 0.1) is 8.95 Å². The van der Waals surface area contributed by atoms with Gasteiger partial charge in [-0.2, -0.15) is 0 Å². The van der Waals surface area contributed by atoms with E-state index in [2.05, 4.69) is 42.1 Å². The number of hydrogen-bond donors (Lipinski definition) is 3. The van der Waals surface area contributed by atoms with Gasteiger partial charge in [-0.3, -0.25) is 14.5 Å². The molecule has 0 spiro atoms. The van der Waals surface area contributed by atoms with Gasteiger partial charge in [0.15, 0.2) is 6.10 Å². The Kier molecular flexibility index (Phi) is 10.8. The minimum Gasteiger partial charge on any atom is -0.506 e. The molecular formula is C34H41Br2N5O7. The number of carboxylic acid groups (broad SMARTS) is 1. The average Bonchev–Trinajstić information content (AvgIpc) is 3.52. The number of benzene rings is 2. The van der Waals surface area contributed by atoms with Crippen LogP contribution in [0.25, 0.3) is 0 Å². The maximum Gasteiger partial charge on any atom is 0.410 e. The summed E-state index contributed by atoms with van der Waals surface area (Å²) in [5, 5.41) is 22.9. The first-order chi connectivity index (χ1) is 23.1. The topological polar surface area (TPSA) is 143 Å². The summed E-state index contributed by atoms with van der Waals surface area (Å²) in [5.41, 5.74) is 2.63. The summed E-state index contributed by atoms with van der Waals surface area (Å²) in [5.74, 6) is -1.06. The van der Waals surface area contributed by atoms with E-state index in [1.54, 1.807) is 21.9 Å². The molecule has 2 aromatic carbocycles. The Morgan fingerprint density at radius 1 is 0.896 bits per heavy atom. The minimum atomic E-state index is -1.09. The van der Waals surface area contributed by atoms with E-state index in [-0.39, 0.29) is 36.2 Å². The zero-order valence-electron chi connectivity index (χ0n) is 26.7. The number of carbonyl (C=O) groups is 4. The van der Waals surface area contributed by atoms with Gasteiger partial charge in [-0.15, -0.1) is 0 Å². The largest absolute Gasteiger partial charge is 0.506 e. The number of phenols is 1. The van der Waals surface area contributed by atoms with Crippen molar-refractivity contribution in [1.29, 1.82) is 0 Å². The number of carbonyl (C=O) groups excluding carboxylic acids is 3. The number of aliphatic carboxylic acids is 1. The maximum atomic E-state index is 14.0. The van der Waals surface area contributed by atoms with Crippen LogP contribution in [0.15, 0.2) is 45.3 Å². The van der Waals surface area contributed by atoms with Crippen molar-refractivity contribution < 1.29 is 34.1 Å². The Balaban J connectivity index is 1.09. The predicted molar refractivity (Wildman–Crippen MR) is 185 cm³/mol. The number of amides is 4. The van der Waals surface area contributed by atoms with Crippen LogP contribution >= 0.6 is 31.9 Å². The van der Waals surface area contributed by atoms with Crippen LogP contribution in [0, 0.1) is 0 Å². The van der Waals surface area contributed by atoms with Crippen molar-refractivity contribution in [3.8, 4) is 5.75 Å². The molecule has 6 rings (SSSR count). The Hall–Kier alpha value is -3.36. The van der Waals surface area contributed by atoms with Gasteiger partial charge in [-0.1, -0.05) is 18.2 Å². The summed E-state index contributed by atoms with van der Waals surface area (Å²) in [7, 11) is 0. The summed E-state index contributed by atoms with van der Waals surface area (Å²) in [4.78, 5) is 59.6. The number of carboxylic acids is 1. The number of nitrogens with zero attached hydrogens (tertiary/aromatic N) is 4. The number of nitrogens with one attached hydrogen (secondary N) is 1. The molecule has 12 nitrogen and oxygen atoms in total. The van der Waals surface area contributed by atoms with E-state index in [0.29, 0.717) is 79.3 Å².